The summed E-state index contributed by atoms with van der Waals surface area (Å²) in [5.74, 6) is -0.988. The summed E-state index contributed by atoms with van der Waals surface area (Å²) in [6, 6.07) is 3.52. The Balaban J connectivity index is 1.01. The highest BCUT2D eigenvalue weighted by atomic mass is 16.5. The van der Waals surface area contributed by atoms with Gasteiger partial charge in [0.15, 0.2) is 0 Å². The summed E-state index contributed by atoms with van der Waals surface area (Å²) < 4.78 is 5.94. The summed E-state index contributed by atoms with van der Waals surface area (Å²) in [5, 5.41) is 19.3. The Bertz CT molecular complexity index is 1050. The molecule has 3 aliphatic rings. The zero-order chi connectivity index (χ0) is 24.2. The van der Waals surface area contributed by atoms with E-state index in [-0.39, 0.29) is 24.3 Å². The summed E-state index contributed by atoms with van der Waals surface area (Å²) in [4.78, 5) is 29.4. The third kappa shape index (κ3) is 5.74. The van der Waals surface area contributed by atoms with Crippen molar-refractivity contribution < 1.29 is 19.4 Å². The molecule has 188 valence electrons. The maximum atomic E-state index is 12.8. The minimum atomic E-state index is -1.02. The van der Waals surface area contributed by atoms with Crippen molar-refractivity contribution in [1.29, 1.82) is 0 Å². The van der Waals surface area contributed by atoms with Crippen molar-refractivity contribution in [1.82, 2.24) is 20.5 Å². The Labute approximate surface area is 206 Å². The summed E-state index contributed by atoms with van der Waals surface area (Å²) in [5.41, 5.74) is 5.80. The molecule has 0 radical (unpaired) electrons. The number of carbonyl (C=O) groups excluding carboxylic acids is 1. The second kappa shape index (κ2) is 10.9. The second-order valence-corrected chi connectivity index (χ2v) is 10.4. The van der Waals surface area contributed by atoms with E-state index >= 15 is 0 Å². The van der Waals surface area contributed by atoms with Gasteiger partial charge in [-0.1, -0.05) is 6.07 Å². The lowest BCUT2D eigenvalue weighted by Crippen LogP contribution is -2.44. The van der Waals surface area contributed by atoms with E-state index in [1.807, 2.05) is 0 Å². The van der Waals surface area contributed by atoms with Crippen LogP contribution in [0, 0.1) is 5.92 Å². The summed E-state index contributed by atoms with van der Waals surface area (Å²) >= 11 is 0. The molecule has 3 aliphatic carbocycles. The number of H-pyrrole nitrogens is 1. The van der Waals surface area contributed by atoms with Gasteiger partial charge in [0.1, 0.15) is 6.04 Å². The number of hydrogen-bond acceptors (Lipinski definition) is 5. The normalized spacial score (nSPS) is 24.1. The number of rotatable bonds is 10. The fourth-order valence-electron chi connectivity index (χ4n) is 5.77. The number of fused-ring (bicyclic) bond motifs is 2. The number of aromatic amines is 1. The number of carbonyl (C=O) groups is 2. The van der Waals surface area contributed by atoms with Gasteiger partial charge in [-0.2, -0.15) is 5.10 Å². The first kappa shape index (κ1) is 24.0. The van der Waals surface area contributed by atoms with Crippen molar-refractivity contribution in [2.24, 2.45) is 5.92 Å². The number of carboxylic acid groups (broad SMARTS) is 1. The molecule has 8 nitrogen and oxygen atoms in total. The third-order valence-electron chi connectivity index (χ3n) is 7.97. The zero-order valence-corrected chi connectivity index (χ0v) is 20.3. The molecule has 1 fully saturated rings. The van der Waals surface area contributed by atoms with Gasteiger partial charge in [-0.3, -0.25) is 14.9 Å². The van der Waals surface area contributed by atoms with Gasteiger partial charge in [0.2, 0.25) is 5.91 Å². The highest BCUT2D eigenvalue weighted by molar-refractivity contribution is 5.88. The lowest BCUT2D eigenvalue weighted by atomic mass is 9.79. The smallest absolute Gasteiger partial charge is 0.326 e. The van der Waals surface area contributed by atoms with Crippen LogP contribution in [-0.2, 0) is 40.0 Å². The van der Waals surface area contributed by atoms with Crippen molar-refractivity contribution in [3.63, 3.8) is 0 Å². The Hall–Kier alpha value is -2.74. The van der Waals surface area contributed by atoms with E-state index in [1.165, 1.54) is 36.2 Å². The van der Waals surface area contributed by atoms with Gasteiger partial charge in [0.05, 0.1) is 23.9 Å². The van der Waals surface area contributed by atoms with Crippen LogP contribution in [0.1, 0.15) is 85.5 Å². The molecule has 0 aliphatic heterocycles. The third-order valence-corrected chi connectivity index (χ3v) is 7.97. The number of carboxylic acids is 1. The minimum Gasteiger partial charge on any atom is -0.480 e. The van der Waals surface area contributed by atoms with Gasteiger partial charge in [0.25, 0.3) is 0 Å². The lowest BCUT2D eigenvalue weighted by molar-refractivity contribution is -0.143. The Morgan fingerprint density at radius 1 is 1.14 bits per heavy atom. The number of aliphatic carboxylic acids is 1. The first-order chi connectivity index (χ1) is 17.1. The molecule has 35 heavy (non-hydrogen) atoms. The molecular formula is C27H36N4O4. The molecule has 2 unspecified atom stereocenters. The fraction of sp³-hybridized carbons (Fsp3) is 0.630. The number of pyridine rings is 1. The summed E-state index contributed by atoms with van der Waals surface area (Å²) in [7, 11) is 0. The van der Waals surface area contributed by atoms with Crippen LogP contribution in [0.5, 0.6) is 0 Å². The second-order valence-electron chi connectivity index (χ2n) is 10.4. The molecule has 0 bridgehead atoms. The van der Waals surface area contributed by atoms with Crippen LogP contribution >= 0.6 is 0 Å². The van der Waals surface area contributed by atoms with Gasteiger partial charge >= 0.3 is 5.97 Å². The number of hydrogen-bond donors (Lipinski definition) is 3. The SMILES string of the molecule is O=C(O)C(CCOC1CC(CCc2ccc3c(n2)CCCC3)C1)NC(=O)C1CCCc2cn[nH]c21. The first-order valence-electron chi connectivity index (χ1n) is 13.2. The summed E-state index contributed by atoms with van der Waals surface area (Å²) in [6.07, 6.45) is 13.7. The molecule has 3 N–H and O–H groups in total. The maximum Gasteiger partial charge on any atom is 0.326 e. The van der Waals surface area contributed by atoms with Crippen LogP contribution in [0.15, 0.2) is 18.3 Å². The van der Waals surface area contributed by atoms with Gasteiger partial charge in [0, 0.05) is 24.4 Å². The van der Waals surface area contributed by atoms with Crippen molar-refractivity contribution >= 4 is 11.9 Å². The van der Waals surface area contributed by atoms with Crippen molar-refractivity contribution in [2.45, 2.75) is 95.1 Å². The van der Waals surface area contributed by atoms with E-state index in [1.54, 1.807) is 6.20 Å². The van der Waals surface area contributed by atoms with Crippen LogP contribution in [0.4, 0.5) is 0 Å². The predicted molar refractivity (Wildman–Crippen MR) is 130 cm³/mol. The topological polar surface area (TPSA) is 117 Å². The van der Waals surface area contributed by atoms with Gasteiger partial charge < -0.3 is 15.2 Å². The molecule has 5 rings (SSSR count). The van der Waals surface area contributed by atoms with Crippen LogP contribution in [0.25, 0.3) is 0 Å². The molecule has 2 aromatic heterocycles. The van der Waals surface area contributed by atoms with E-state index in [4.69, 9.17) is 9.72 Å². The lowest BCUT2D eigenvalue weighted by Gasteiger charge is -2.35. The van der Waals surface area contributed by atoms with E-state index < -0.39 is 12.0 Å². The zero-order valence-electron chi connectivity index (χ0n) is 20.3. The molecule has 0 saturated heterocycles. The van der Waals surface area contributed by atoms with Crippen molar-refractivity contribution in [3.05, 3.63) is 46.5 Å². The number of ether oxygens (including phenoxy) is 1. The summed E-state index contributed by atoms with van der Waals surface area (Å²) in [6.45, 7) is 0.334. The van der Waals surface area contributed by atoms with Crippen LogP contribution in [0.3, 0.4) is 0 Å². The molecule has 0 spiro atoms. The molecule has 8 heteroatoms. The van der Waals surface area contributed by atoms with E-state index in [9.17, 15) is 14.7 Å². The maximum absolute atomic E-state index is 12.8. The number of amides is 1. The van der Waals surface area contributed by atoms with E-state index in [0.717, 1.165) is 56.2 Å². The van der Waals surface area contributed by atoms with Gasteiger partial charge in [-0.15, -0.1) is 0 Å². The number of nitrogens with one attached hydrogen (secondary N) is 2. The standard InChI is InChI=1S/C27H36N4O4/c32-26(22-6-3-5-19-16-28-31-25(19)22)30-24(27(33)34)12-13-35-21-14-17(15-21)8-10-20-11-9-18-4-1-2-7-23(18)29-20/h9,11,16-17,21-22,24H,1-8,10,12-15H2,(H,28,31)(H,30,32)(H,33,34). The highest BCUT2D eigenvalue weighted by Gasteiger charge is 2.32. The average molecular weight is 481 g/mol. The molecular weight excluding hydrogens is 444 g/mol. The molecule has 1 saturated carbocycles. The van der Waals surface area contributed by atoms with Crippen molar-refractivity contribution in [3.8, 4) is 0 Å². The van der Waals surface area contributed by atoms with Gasteiger partial charge in [-0.25, -0.2) is 4.79 Å². The Morgan fingerprint density at radius 2 is 1.97 bits per heavy atom. The van der Waals surface area contributed by atoms with E-state index in [2.05, 4.69) is 27.6 Å². The van der Waals surface area contributed by atoms with Crippen molar-refractivity contribution in [2.75, 3.05) is 6.61 Å². The first-order valence-corrected chi connectivity index (χ1v) is 13.2. The Morgan fingerprint density at radius 3 is 2.83 bits per heavy atom. The van der Waals surface area contributed by atoms with Crippen LogP contribution < -0.4 is 5.32 Å². The molecule has 2 heterocycles. The predicted octanol–water partition coefficient (Wildman–Crippen LogP) is 3.49. The monoisotopic (exact) mass is 480 g/mol. The largest absolute Gasteiger partial charge is 0.480 e. The molecule has 1 amide bonds. The Kier molecular flexibility index (Phi) is 7.46. The molecule has 0 aromatic carbocycles. The average Bonchev–Trinajstić information content (AvgIpc) is 3.32. The van der Waals surface area contributed by atoms with E-state index in [0.29, 0.717) is 18.9 Å². The quantitative estimate of drug-likeness (QED) is 0.479. The minimum absolute atomic E-state index is 0.188. The number of aromatic nitrogens is 3. The number of nitrogens with zero attached hydrogens (tertiary/aromatic N) is 2. The van der Waals surface area contributed by atoms with Crippen LogP contribution in [0.2, 0.25) is 0 Å². The van der Waals surface area contributed by atoms with Gasteiger partial charge in [-0.05, 0) is 93.7 Å². The molecule has 2 aromatic rings. The van der Waals surface area contributed by atoms with Crippen LogP contribution in [-0.4, -0.2) is 50.9 Å². The molecule has 2 atom stereocenters. The fourth-order valence-corrected chi connectivity index (χ4v) is 5.77. The highest BCUT2D eigenvalue weighted by Crippen LogP contribution is 2.34. The number of aryl methyl sites for hydroxylation is 4.